The predicted octanol–water partition coefficient (Wildman–Crippen LogP) is 6.04. The van der Waals surface area contributed by atoms with Crippen LogP contribution in [-0.2, 0) is 11.3 Å². The van der Waals surface area contributed by atoms with E-state index in [4.69, 9.17) is 14.2 Å². The minimum Gasteiger partial charge on any atom is -0.457 e. The van der Waals surface area contributed by atoms with Gasteiger partial charge < -0.3 is 18.7 Å². The number of pyridine rings is 1. The molecule has 0 bridgehead atoms. The van der Waals surface area contributed by atoms with Crippen molar-refractivity contribution in [3.63, 3.8) is 0 Å². The highest BCUT2D eigenvalue weighted by molar-refractivity contribution is 5.82. The average molecular weight is 603 g/mol. The lowest BCUT2D eigenvalue weighted by molar-refractivity contribution is -0.131. The van der Waals surface area contributed by atoms with Crippen molar-refractivity contribution in [2.75, 3.05) is 6.54 Å². The Morgan fingerprint density at radius 3 is 2.47 bits per heavy atom. The van der Waals surface area contributed by atoms with Gasteiger partial charge in [0.1, 0.15) is 11.5 Å². The van der Waals surface area contributed by atoms with Gasteiger partial charge in [0, 0.05) is 47.5 Å². The van der Waals surface area contributed by atoms with Gasteiger partial charge in [-0.2, -0.15) is 15.2 Å². The fourth-order valence-corrected chi connectivity index (χ4v) is 5.73. The van der Waals surface area contributed by atoms with Gasteiger partial charge >= 0.3 is 0 Å². The highest BCUT2D eigenvalue weighted by Crippen LogP contribution is 2.40. The molecule has 1 aliphatic carbocycles. The summed E-state index contributed by atoms with van der Waals surface area (Å²) >= 11 is 0. The average Bonchev–Trinajstić information content (AvgIpc) is 3.70. The molecule has 2 atom stereocenters. The van der Waals surface area contributed by atoms with E-state index in [1.165, 1.54) is 6.07 Å². The Kier molecular flexibility index (Phi) is 7.48. The molecule has 45 heavy (non-hydrogen) atoms. The molecule has 0 N–H and O–H groups in total. The van der Waals surface area contributed by atoms with Crippen molar-refractivity contribution in [2.45, 2.75) is 58.0 Å². The fraction of sp³-hybridized carbons (Fsp3) is 0.314. The number of amides is 1. The van der Waals surface area contributed by atoms with Gasteiger partial charge in [-0.15, -0.1) is 0 Å². The molecule has 0 radical (unpaired) electrons. The number of likely N-dealkylation sites (tertiary alicyclic amines) is 1. The monoisotopic (exact) mass is 602 g/mol. The minimum atomic E-state index is -0.191. The number of carbonyl (C=O) groups excluding carboxylic acids is 1. The summed E-state index contributed by atoms with van der Waals surface area (Å²) in [6.45, 7) is 7.05. The van der Waals surface area contributed by atoms with Crippen LogP contribution in [0.5, 0.6) is 11.5 Å². The molecule has 1 amide bonds. The zero-order valence-corrected chi connectivity index (χ0v) is 25.5. The third-order valence-electron chi connectivity index (χ3n) is 8.64. The lowest BCUT2D eigenvalue weighted by atomic mass is 9.97. The first-order chi connectivity index (χ1) is 21.8. The van der Waals surface area contributed by atoms with Crippen LogP contribution in [0.3, 0.4) is 0 Å². The van der Waals surface area contributed by atoms with Gasteiger partial charge in [-0.1, -0.05) is 38.1 Å². The second-order valence-electron chi connectivity index (χ2n) is 12.2. The molecule has 1 aliphatic heterocycles. The van der Waals surface area contributed by atoms with Crippen LogP contribution in [0.15, 0.2) is 88.3 Å². The van der Waals surface area contributed by atoms with Gasteiger partial charge in [0.2, 0.25) is 5.91 Å². The number of rotatable bonds is 9. The number of hydrogen-bond donors (Lipinski definition) is 0. The first-order valence-electron chi connectivity index (χ1n) is 15.4. The third-order valence-corrected chi connectivity index (χ3v) is 8.64. The summed E-state index contributed by atoms with van der Waals surface area (Å²) in [7, 11) is 0. The Bertz CT molecular complexity index is 1890. The fourth-order valence-electron chi connectivity index (χ4n) is 5.73. The summed E-state index contributed by atoms with van der Waals surface area (Å²) in [5.74, 6) is 2.23. The first kappa shape index (κ1) is 28.6. The molecule has 1 saturated heterocycles. The molecule has 4 heterocycles. The SMILES string of the molecule is CC(C)c1ccc(-c2ccc(Oc3cc(-c4nc(C5CN(C6CC6)C(=O)C5C)no4)ccc3Cn3ccccc3=O)cc2)nn1. The van der Waals surface area contributed by atoms with Crippen molar-refractivity contribution in [1.82, 2.24) is 29.8 Å². The summed E-state index contributed by atoms with van der Waals surface area (Å²) in [6, 6.07) is 22.7. The molecule has 2 unspecified atom stereocenters. The number of nitrogens with zero attached hydrogens (tertiary/aromatic N) is 6. The normalized spacial score (nSPS) is 18.1. The Morgan fingerprint density at radius 2 is 1.76 bits per heavy atom. The third kappa shape index (κ3) is 5.87. The lowest BCUT2D eigenvalue weighted by Gasteiger charge is -2.14. The van der Waals surface area contributed by atoms with Crippen molar-refractivity contribution in [3.05, 3.63) is 106 Å². The predicted molar refractivity (Wildman–Crippen MR) is 168 cm³/mol. The van der Waals surface area contributed by atoms with E-state index in [-0.39, 0.29) is 23.3 Å². The maximum Gasteiger partial charge on any atom is 0.258 e. The zero-order chi connectivity index (χ0) is 31.1. The number of benzene rings is 2. The molecule has 228 valence electrons. The Hall–Kier alpha value is -5.12. The molecule has 10 heteroatoms. The largest absolute Gasteiger partial charge is 0.457 e. The van der Waals surface area contributed by atoms with Crippen molar-refractivity contribution >= 4 is 5.91 Å². The molecule has 2 fully saturated rings. The molecule has 2 aromatic carbocycles. The van der Waals surface area contributed by atoms with Crippen LogP contribution in [-0.4, -0.2) is 48.3 Å². The van der Waals surface area contributed by atoms with Gasteiger partial charge in [0.25, 0.3) is 11.4 Å². The number of hydrogen-bond acceptors (Lipinski definition) is 8. The van der Waals surface area contributed by atoms with Crippen molar-refractivity contribution in [1.29, 1.82) is 0 Å². The molecule has 5 aromatic rings. The summed E-state index contributed by atoms with van der Waals surface area (Å²) in [5.41, 5.74) is 4.03. The molecule has 1 saturated carbocycles. The van der Waals surface area contributed by atoms with E-state index in [1.807, 2.05) is 72.5 Å². The standard InChI is InChI=1S/C35H34N6O4/c1-21(2)29-15-16-30(38-37-29)23-9-13-27(14-10-23)44-31-18-24(7-8-25(31)19-40-17-5-4-6-32(40)42)34-36-33(39-45-34)28-20-41(26-11-12-26)35(43)22(28)3/h4-10,13-18,21-22,26,28H,11-12,19-20H2,1-3H3. The highest BCUT2D eigenvalue weighted by atomic mass is 16.5. The van der Waals surface area contributed by atoms with Crippen LogP contribution < -0.4 is 10.3 Å². The van der Waals surface area contributed by atoms with Gasteiger partial charge in [-0.25, -0.2) is 0 Å². The second-order valence-corrected chi connectivity index (χ2v) is 12.2. The lowest BCUT2D eigenvalue weighted by Crippen LogP contribution is -2.28. The summed E-state index contributed by atoms with van der Waals surface area (Å²) in [4.78, 5) is 32.0. The van der Waals surface area contributed by atoms with E-state index < -0.39 is 0 Å². The van der Waals surface area contributed by atoms with Crippen LogP contribution in [0.4, 0.5) is 0 Å². The molecular weight excluding hydrogens is 568 g/mol. The molecular formula is C35H34N6O4. The van der Waals surface area contributed by atoms with E-state index in [0.29, 0.717) is 53.8 Å². The van der Waals surface area contributed by atoms with E-state index in [0.717, 1.165) is 35.4 Å². The molecule has 3 aromatic heterocycles. The molecule has 10 nitrogen and oxygen atoms in total. The van der Waals surface area contributed by atoms with Crippen molar-refractivity contribution in [2.24, 2.45) is 5.92 Å². The minimum absolute atomic E-state index is 0.108. The maximum atomic E-state index is 12.8. The van der Waals surface area contributed by atoms with Gasteiger partial charge in [0.15, 0.2) is 5.82 Å². The number of ether oxygens (including phenoxy) is 1. The summed E-state index contributed by atoms with van der Waals surface area (Å²) in [5, 5.41) is 13.0. The first-order valence-corrected chi connectivity index (χ1v) is 15.4. The van der Waals surface area contributed by atoms with Gasteiger partial charge in [-0.05, 0) is 73.4 Å². The highest BCUT2D eigenvalue weighted by Gasteiger charge is 2.46. The van der Waals surface area contributed by atoms with Crippen LogP contribution >= 0.6 is 0 Å². The van der Waals surface area contributed by atoms with E-state index in [9.17, 15) is 9.59 Å². The van der Waals surface area contributed by atoms with Crippen molar-refractivity contribution in [3.8, 4) is 34.2 Å². The van der Waals surface area contributed by atoms with Gasteiger partial charge in [-0.3, -0.25) is 9.59 Å². The van der Waals surface area contributed by atoms with Crippen molar-refractivity contribution < 1.29 is 14.1 Å². The summed E-state index contributed by atoms with van der Waals surface area (Å²) in [6.07, 6.45) is 3.88. The van der Waals surface area contributed by atoms with Gasteiger partial charge in [0.05, 0.1) is 23.9 Å². The second kappa shape index (κ2) is 11.8. The Labute approximate surface area is 260 Å². The Balaban J connectivity index is 1.17. The van der Waals surface area contributed by atoms with Crippen LogP contribution in [0.2, 0.25) is 0 Å². The quantitative estimate of drug-likeness (QED) is 0.200. The van der Waals surface area contributed by atoms with Crippen LogP contribution in [0, 0.1) is 5.92 Å². The van der Waals surface area contributed by atoms with E-state index in [2.05, 4.69) is 29.2 Å². The van der Waals surface area contributed by atoms with E-state index in [1.54, 1.807) is 16.8 Å². The topological polar surface area (TPSA) is 116 Å². The van der Waals surface area contributed by atoms with E-state index >= 15 is 0 Å². The van der Waals surface area contributed by atoms with Crippen LogP contribution in [0.25, 0.3) is 22.7 Å². The number of aromatic nitrogens is 5. The molecule has 7 rings (SSSR count). The molecule has 0 spiro atoms. The number of carbonyl (C=O) groups is 1. The Morgan fingerprint density at radius 1 is 0.956 bits per heavy atom. The zero-order valence-electron chi connectivity index (χ0n) is 25.5. The summed E-state index contributed by atoms with van der Waals surface area (Å²) < 4.78 is 13.8. The van der Waals surface area contributed by atoms with Crippen LogP contribution in [0.1, 0.15) is 62.5 Å². The maximum absolute atomic E-state index is 12.8. The smallest absolute Gasteiger partial charge is 0.258 e. The molecule has 2 aliphatic rings.